The summed E-state index contributed by atoms with van der Waals surface area (Å²) in [5.41, 5.74) is 2.18. The lowest BCUT2D eigenvalue weighted by Gasteiger charge is -2.39. The highest BCUT2D eigenvalue weighted by atomic mass is 32.1. The summed E-state index contributed by atoms with van der Waals surface area (Å²) in [4.78, 5) is 12.4. The molecular weight excluding hydrogens is 525 g/mol. The molecule has 10 heteroatoms. The molecule has 1 aliphatic heterocycles. The summed E-state index contributed by atoms with van der Waals surface area (Å²) >= 11 is 1.55. The smallest absolute Gasteiger partial charge is 0.385 e. The van der Waals surface area contributed by atoms with E-state index in [0.29, 0.717) is 29.6 Å². The van der Waals surface area contributed by atoms with Gasteiger partial charge in [-0.1, -0.05) is 36.4 Å². The van der Waals surface area contributed by atoms with Crippen LogP contribution in [0.15, 0.2) is 66.9 Å². The molecule has 0 spiro atoms. The summed E-state index contributed by atoms with van der Waals surface area (Å²) in [7, 11) is 0. The molecule has 202 valence electrons. The van der Waals surface area contributed by atoms with Gasteiger partial charge in [-0.15, -0.1) is 11.3 Å². The lowest BCUT2D eigenvalue weighted by atomic mass is 9.83. The fraction of sp³-hybridized carbons (Fsp3) is 0.310. The Morgan fingerprint density at radius 3 is 2.54 bits per heavy atom. The van der Waals surface area contributed by atoms with Crippen LogP contribution in [0.2, 0.25) is 0 Å². The zero-order chi connectivity index (χ0) is 27.2. The van der Waals surface area contributed by atoms with Crippen LogP contribution in [0, 0.1) is 0 Å². The lowest BCUT2D eigenvalue weighted by molar-refractivity contribution is -0.137. The van der Waals surface area contributed by atoms with Crippen molar-refractivity contribution in [3.05, 3.63) is 94.0 Å². The molecule has 1 atom stereocenters. The molecule has 4 aromatic rings. The first-order valence-corrected chi connectivity index (χ1v) is 13.6. The topological polar surface area (TPSA) is 81.5 Å². The molecule has 0 bridgehead atoms. The number of aromatic nitrogens is 2. The second-order valence-corrected chi connectivity index (χ2v) is 11.1. The minimum atomic E-state index is -4.46. The highest BCUT2D eigenvalue weighted by Gasteiger charge is 2.37. The molecule has 1 aliphatic carbocycles. The third-order valence-electron chi connectivity index (χ3n) is 7.58. The van der Waals surface area contributed by atoms with Gasteiger partial charge in [-0.05, 0) is 61.1 Å². The third-order valence-corrected chi connectivity index (χ3v) is 8.63. The third kappa shape index (κ3) is 5.11. The Bertz CT molecular complexity index is 1480. The molecule has 6 rings (SSSR count). The maximum atomic E-state index is 13.1. The standard InChI is InChI=1S/C29H27F3N4O2S/c30-29(31,32)21-6-3-5-20(16-21)28(38)12-14-36(15-13-28)24-11-9-19(17-33-24)26(37)35-27-34-25-22-7-2-1-4-18(22)8-10-23(25)39-27/h1-7,9,11,16-17,26,37-38H,8,10,12-15H2,(H,34,35). The highest BCUT2D eigenvalue weighted by molar-refractivity contribution is 7.16. The van der Waals surface area contributed by atoms with E-state index in [0.717, 1.165) is 36.2 Å². The Hall–Kier alpha value is -3.47. The van der Waals surface area contributed by atoms with Crippen LogP contribution in [0.5, 0.6) is 0 Å². The Kier molecular flexibility index (Phi) is 6.57. The molecule has 39 heavy (non-hydrogen) atoms. The Balaban J connectivity index is 1.10. The van der Waals surface area contributed by atoms with Crippen LogP contribution in [0.25, 0.3) is 11.3 Å². The van der Waals surface area contributed by atoms with E-state index in [-0.39, 0.29) is 18.4 Å². The van der Waals surface area contributed by atoms with Crippen LogP contribution >= 0.6 is 11.3 Å². The predicted molar refractivity (Wildman–Crippen MR) is 145 cm³/mol. The average Bonchev–Trinajstić information content (AvgIpc) is 3.36. The largest absolute Gasteiger partial charge is 0.416 e. The van der Waals surface area contributed by atoms with Gasteiger partial charge in [0.05, 0.1) is 16.9 Å². The first kappa shape index (κ1) is 25.8. The van der Waals surface area contributed by atoms with Crippen molar-refractivity contribution >= 4 is 22.3 Å². The van der Waals surface area contributed by atoms with Crippen LogP contribution < -0.4 is 10.2 Å². The molecule has 0 saturated carbocycles. The van der Waals surface area contributed by atoms with Crippen molar-refractivity contribution in [2.75, 3.05) is 23.3 Å². The number of hydrogen-bond acceptors (Lipinski definition) is 7. The van der Waals surface area contributed by atoms with Gasteiger partial charge >= 0.3 is 6.18 Å². The minimum absolute atomic E-state index is 0.278. The Labute approximate surface area is 227 Å². The molecule has 2 aliphatic rings. The van der Waals surface area contributed by atoms with E-state index in [1.54, 1.807) is 35.7 Å². The first-order valence-electron chi connectivity index (χ1n) is 12.8. The van der Waals surface area contributed by atoms with Gasteiger partial charge in [0.15, 0.2) is 11.4 Å². The predicted octanol–water partition coefficient (Wildman–Crippen LogP) is 5.91. The maximum Gasteiger partial charge on any atom is 0.416 e. The molecule has 0 amide bonds. The number of rotatable bonds is 5. The van der Waals surface area contributed by atoms with Gasteiger partial charge in [0.2, 0.25) is 0 Å². The van der Waals surface area contributed by atoms with Gasteiger partial charge in [0.1, 0.15) is 5.82 Å². The van der Waals surface area contributed by atoms with Crippen molar-refractivity contribution in [2.24, 2.45) is 0 Å². The van der Waals surface area contributed by atoms with Crippen LogP contribution in [-0.4, -0.2) is 33.3 Å². The molecule has 2 aromatic carbocycles. The molecule has 0 radical (unpaired) electrons. The van der Waals surface area contributed by atoms with E-state index in [2.05, 4.69) is 22.4 Å². The van der Waals surface area contributed by atoms with E-state index in [4.69, 9.17) is 4.98 Å². The molecule has 2 aromatic heterocycles. The number of fused-ring (bicyclic) bond motifs is 3. The number of aryl methyl sites for hydroxylation is 2. The molecule has 3 N–H and O–H groups in total. The zero-order valence-corrected chi connectivity index (χ0v) is 21.8. The van der Waals surface area contributed by atoms with E-state index in [1.807, 2.05) is 17.0 Å². The van der Waals surface area contributed by atoms with Crippen molar-refractivity contribution in [3.63, 3.8) is 0 Å². The van der Waals surface area contributed by atoms with Crippen molar-refractivity contribution < 1.29 is 23.4 Å². The second-order valence-electron chi connectivity index (χ2n) is 10.0. The van der Waals surface area contributed by atoms with Gasteiger partial charge in [-0.3, -0.25) is 0 Å². The SMILES string of the molecule is OC(Nc1nc2c(s1)CCc1ccccc1-2)c1ccc(N2CCC(O)(c3cccc(C(F)(F)F)c3)CC2)nc1. The van der Waals surface area contributed by atoms with Crippen LogP contribution in [-0.2, 0) is 24.6 Å². The van der Waals surface area contributed by atoms with Gasteiger partial charge in [-0.25, -0.2) is 9.97 Å². The van der Waals surface area contributed by atoms with E-state index in [1.165, 1.54) is 16.5 Å². The Morgan fingerprint density at radius 2 is 1.79 bits per heavy atom. The Morgan fingerprint density at radius 1 is 1.00 bits per heavy atom. The second kappa shape index (κ2) is 9.93. The normalized spacial score (nSPS) is 17.3. The number of nitrogens with zero attached hydrogens (tertiary/aromatic N) is 3. The highest BCUT2D eigenvalue weighted by Crippen LogP contribution is 2.39. The summed E-state index contributed by atoms with van der Waals surface area (Å²) in [5.74, 6) is 0.679. The minimum Gasteiger partial charge on any atom is -0.385 e. The summed E-state index contributed by atoms with van der Waals surface area (Å²) in [6.45, 7) is 0.873. The summed E-state index contributed by atoms with van der Waals surface area (Å²) < 4.78 is 39.4. The first-order chi connectivity index (χ1) is 18.7. The van der Waals surface area contributed by atoms with Crippen LogP contribution in [0.1, 0.15) is 46.2 Å². The number of benzene rings is 2. The van der Waals surface area contributed by atoms with Crippen molar-refractivity contribution in [3.8, 4) is 11.3 Å². The lowest BCUT2D eigenvalue weighted by Crippen LogP contribution is -2.43. The van der Waals surface area contributed by atoms with Crippen molar-refractivity contribution in [1.29, 1.82) is 0 Å². The number of piperidine rings is 1. The number of halogens is 3. The zero-order valence-electron chi connectivity index (χ0n) is 20.9. The molecular formula is C29H27F3N4O2S. The fourth-order valence-corrected chi connectivity index (χ4v) is 6.33. The summed E-state index contributed by atoms with van der Waals surface area (Å²) in [6, 6.07) is 16.8. The summed E-state index contributed by atoms with van der Waals surface area (Å²) in [6.07, 6.45) is -1.38. The number of aliphatic hydroxyl groups excluding tert-OH is 1. The van der Waals surface area contributed by atoms with Gasteiger partial charge in [-0.2, -0.15) is 13.2 Å². The number of alkyl halides is 3. The van der Waals surface area contributed by atoms with E-state index < -0.39 is 23.6 Å². The monoisotopic (exact) mass is 552 g/mol. The van der Waals surface area contributed by atoms with Crippen molar-refractivity contribution in [2.45, 2.75) is 43.7 Å². The van der Waals surface area contributed by atoms with E-state index in [9.17, 15) is 23.4 Å². The van der Waals surface area contributed by atoms with Crippen LogP contribution in [0.3, 0.4) is 0 Å². The molecule has 3 heterocycles. The van der Waals surface area contributed by atoms with Gasteiger partial charge in [0, 0.05) is 35.3 Å². The van der Waals surface area contributed by atoms with E-state index >= 15 is 0 Å². The molecule has 1 saturated heterocycles. The maximum absolute atomic E-state index is 13.1. The number of hydrogen-bond donors (Lipinski definition) is 3. The number of pyridine rings is 1. The summed E-state index contributed by atoms with van der Waals surface area (Å²) in [5, 5.41) is 25.6. The molecule has 1 fully saturated rings. The van der Waals surface area contributed by atoms with Gasteiger partial charge in [0.25, 0.3) is 0 Å². The average molecular weight is 553 g/mol. The molecule has 6 nitrogen and oxygen atoms in total. The number of nitrogens with one attached hydrogen (secondary N) is 1. The molecule has 1 unspecified atom stereocenters. The fourth-order valence-electron chi connectivity index (χ4n) is 5.34. The quantitative estimate of drug-likeness (QED) is 0.267. The van der Waals surface area contributed by atoms with Crippen molar-refractivity contribution in [1.82, 2.24) is 9.97 Å². The van der Waals surface area contributed by atoms with Gasteiger partial charge < -0.3 is 20.4 Å². The van der Waals surface area contributed by atoms with Crippen LogP contribution in [0.4, 0.5) is 24.1 Å². The number of thiazole rings is 1. The number of anilines is 2. The number of aliphatic hydroxyl groups is 2.